The van der Waals surface area contributed by atoms with Gasteiger partial charge < -0.3 is 10.2 Å². The topological polar surface area (TPSA) is 15.3 Å². The van der Waals surface area contributed by atoms with E-state index >= 15 is 0 Å². The normalized spacial score (nSPS) is 16.7. The molecule has 0 saturated heterocycles. The van der Waals surface area contributed by atoms with Crippen molar-refractivity contribution in [2.75, 3.05) is 11.9 Å². The molecule has 19 heavy (non-hydrogen) atoms. The van der Waals surface area contributed by atoms with E-state index in [1.54, 1.807) is 12.1 Å². The van der Waals surface area contributed by atoms with Gasteiger partial charge in [-0.2, -0.15) is 0 Å². The predicted molar refractivity (Wildman–Crippen MR) is 79.0 cm³/mol. The van der Waals surface area contributed by atoms with E-state index in [0.717, 1.165) is 11.3 Å². The molecule has 106 valence electrons. The molecule has 1 fully saturated rings. The fourth-order valence-corrected chi connectivity index (χ4v) is 2.25. The zero-order valence-corrected chi connectivity index (χ0v) is 12.4. The average Bonchev–Trinajstić information content (AvgIpc) is 3.19. The van der Waals surface area contributed by atoms with Gasteiger partial charge in [0.25, 0.3) is 0 Å². The number of nitrogens with one attached hydrogen (secondary N) is 1. The molecule has 1 atom stereocenters. The highest BCUT2D eigenvalue weighted by Crippen LogP contribution is 2.27. The van der Waals surface area contributed by atoms with E-state index < -0.39 is 0 Å². The fourth-order valence-electron chi connectivity index (χ4n) is 2.25. The summed E-state index contributed by atoms with van der Waals surface area (Å²) < 4.78 is 14.1. The molecule has 0 heterocycles. The van der Waals surface area contributed by atoms with Gasteiger partial charge >= 0.3 is 0 Å². The fraction of sp³-hybridized carbons (Fsp3) is 0.625. The van der Waals surface area contributed by atoms with Crippen LogP contribution in [0.4, 0.5) is 10.1 Å². The van der Waals surface area contributed by atoms with Crippen molar-refractivity contribution in [3.8, 4) is 0 Å². The van der Waals surface area contributed by atoms with E-state index in [0.29, 0.717) is 24.5 Å². The molecule has 1 aliphatic carbocycles. The molecule has 3 heteroatoms. The standard InChI is InChI=1S/C16H25FN2/c1-11(2)12(3)19(4)16-7-5-6-15(17)14(16)10-18-13-8-9-13/h5-7,11-13,18H,8-10H2,1-4H3. The summed E-state index contributed by atoms with van der Waals surface area (Å²) in [4.78, 5) is 2.19. The second kappa shape index (κ2) is 5.91. The van der Waals surface area contributed by atoms with Gasteiger partial charge in [-0.1, -0.05) is 19.9 Å². The minimum atomic E-state index is -0.103. The van der Waals surface area contributed by atoms with Crippen LogP contribution < -0.4 is 10.2 Å². The van der Waals surface area contributed by atoms with Crippen LogP contribution in [0.15, 0.2) is 18.2 Å². The van der Waals surface area contributed by atoms with Crippen molar-refractivity contribution in [1.29, 1.82) is 0 Å². The maximum absolute atomic E-state index is 14.1. The summed E-state index contributed by atoms with van der Waals surface area (Å²) in [5.41, 5.74) is 1.80. The molecule has 2 rings (SSSR count). The molecule has 1 aromatic rings. The summed E-state index contributed by atoms with van der Waals surface area (Å²) in [6.45, 7) is 7.21. The number of hydrogen-bond acceptors (Lipinski definition) is 2. The highest BCUT2D eigenvalue weighted by atomic mass is 19.1. The van der Waals surface area contributed by atoms with E-state index in [9.17, 15) is 4.39 Å². The average molecular weight is 264 g/mol. The molecule has 1 N–H and O–H groups in total. The molecular weight excluding hydrogens is 239 g/mol. The molecule has 0 aromatic heterocycles. The zero-order valence-electron chi connectivity index (χ0n) is 12.4. The lowest BCUT2D eigenvalue weighted by atomic mass is 10.0. The molecule has 0 bridgehead atoms. The Morgan fingerprint density at radius 2 is 2.00 bits per heavy atom. The van der Waals surface area contributed by atoms with Gasteiger partial charge in [-0.3, -0.25) is 0 Å². The maximum atomic E-state index is 14.1. The van der Waals surface area contributed by atoms with Crippen molar-refractivity contribution in [3.05, 3.63) is 29.6 Å². The largest absolute Gasteiger partial charge is 0.371 e. The number of nitrogens with zero attached hydrogens (tertiary/aromatic N) is 1. The lowest BCUT2D eigenvalue weighted by Crippen LogP contribution is -2.34. The zero-order chi connectivity index (χ0) is 14.0. The summed E-state index contributed by atoms with van der Waals surface area (Å²) in [7, 11) is 2.06. The van der Waals surface area contributed by atoms with E-state index in [1.165, 1.54) is 12.8 Å². The van der Waals surface area contributed by atoms with Crippen LogP contribution in [0.2, 0.25) is 0 Å². The van der Waals surface area contributed by atoms with Gasteiger partial charge in [0, 0.05) is 36.9 Å². The van der Waals surface area contributed by atoms with Gasteiger partial charge in [-0.15, -0.1) is 0 Å². The lowest BCUT2D eigenvalue weighted by Gasteiger charge is -2.32. The van der Waals surface area contributed by atoms with Gasteiger partial charge in [0.1, 0.15) is 5.82 Å². The highest BCUT2D eigenvalue weighted by molar-refractivity contribution is 5.54. The molecule has 0 aliphatic heterocycles. The Morgan fingerprint density at radius 3 is 2.58 bits per heavy atom. The quantitative estimate of drug-likeness (QED) is 0.845. The second-order valence-electron chi connectivity index (χ2n) is 5.99. The van der Waals surface area contributed by atoms with Gasteiger partial charge in [0.05, 0.1) is 0 Å². The van der Waals surface area contributed by atoms with Gasteiger partial charge in [0.15, 0.2) is 0 Å². The number of hydrogen-bond donors (Lipinski definition) is 1. The Hall–Kier alpha value is -1.09. The number of rotatable bonds is 6. The Kier molecular flexibility index (Phi) is 4.46. The number of anilines is 1. The lowest BCUT2D eigenvalue weighted by molar-refractivity contribution is 0.501. The van der Waals surface area contributed by atoms with Crippen LogP contribution in [0.25, 0.3) is 0 Å². The molecule has 2 nitrogen and oxygen atoms in total. The van der Waals surface area contributed by atoms with Crippen molar-refractivity contribution < 1.29 is 4.39 Å². The molecule has 1 saturated carbocycles. The summed E-state index contributed by atoms with van der Waals surface area (Å²) in [5.74, 6) is 0.436. The molecule has 0 amide bonds. The van der Waals surface area contributed by atoms with Crippen LogP contribution >= 0.6 is 0 Å². The summed E-state index contributed by atoms with van der Waals surface area (Å²) in [6.07, 6.45) is 2.45. The Balaban J connectivity index is 2.19. The molecule has 1 aromatic carbocycles. The van der Waals surface area contributed by atoms with Crippen LogP contribution in [0.3, 0.4) is 0 Å². The van der Waals surface area contributed by atoms with Crippen molar-refractivity contribution in [1.82, 2.24) is 5.32 Å². The predicted octanol–water partition coefficient (Wildman–Crippen LogP) is 3.56. The highest BCUT2D eigenvalue weighted by Gasteiger charge is 2.23. The van der Waals surface area contributed by atoms with Crippen molar-refractivity contribution in [2.45, 2.75) is 52.2 Å². The van der Waals surface area contributed by atoms with Crippen LogP contribution in [-0.4, -0.2) is 19.1 Å². The van der Waals surface area contributed by atoms with E-state index in [1.807, 2.05) is 6.07 Å². The Bertz CT molecular complexity index is 427. The van der Waals surface area contributed by atoms with E-state index in [4.69, 9.17) is 0 Å². The van der Waals surface area contributed by atoms with Gasteiger partial charge in [0.2, 0.25) is 0 Å². The molecule has 1 unspecified atom stereocenters. The molecule has 1 aliphatic rings. The van der Waals surface area contributed by atoms with Crippen LogP contribution in [-0.2, 0) is 6.54 Å². The summed E-state index contributed by atoms with van der Waals surface area (Å²) in [6, 6.07) is 6.36. The van der Waals surface area contributed by atoms with E-state index in [2.05, 4.69) is 38.0 Å². The first kappa shape index (κ1) is 14.3. The summed E-state index contributed by atoms with van der Waals surface area (Å²) >= 11 is 0. The minimum Gasteiger partial charge on any atom is -0.371 e. The SMILES string of the molecule is CC(C)C(C)N(C)c1cccc(F)c1CNC1CC1. The monoisotopic (exact) mass is 264 g/mol. The van der Waals surface area contributed by atoms with Crippen LogP contribution in [0, 0.1) is 11.7 Å². The van der Waals surface area contributed by atoms with Crippen molar-refractivity contribution in [2.24, 2.45) is 5.92 Å². The minimum absolute atomic E-state index is 0.103. The van der Waals surface area contributed by atoms with E-state index in [-0.39, 0.29) is 5.82 Å². The van der Waals surface area contributed by atoms with Gasteiger partial charge in [-0.05, 0) is 37.8 Å². The van der Waals surface area contributed by atoms with Crippen molar-refractivity contribution in [3.63, 3.8) is 0 Å². The first-order valence-corrected chi connectivity index (χ1v) is 7.24. The third kappa shape index (κ3) is 3.47. The number of benzene rings is 1. The second-order valence-corrected chi connectivity index (χ2v) is 5.99. The van der Waals surface area contributed by atoms with Crippen LogP contribution in [0.5, 0.6) is 0 Å². The van der Waals surface area contributed by atoms with Crippen molar-refractivity contribution >= 4 is 5.69 Å². The Morgan fingerprint density at radius 1 is 1.32 bits per heavy atom. The van der Waals surface area contributed by atoms with Gasteiger partial charge in [-0.25, -0.2) is 4.39 Å². The third-order valence-electron chi connectivity index (χ3n) is 4.19. The third-order valence-corrected chi connectivity index (χ3v) is 4.19. The Labute approximate surface area is 116 Å². The first-order valence-electron chi connectivity index (χ1n) is 7.24. The summed E-state index contributed by atoms with van der Waals surface area (Å²) in [5, 5.41) is 3.41. The molecule has 0 radical (unpaired) electrons. The first-order chi connectivity index (χ1) is 9.00. The molecular formula is C16H25FN2. The maximum Gasteiger partial charge on any atom is 0.129 e. The number of halogens is 1. The van der Waals surface area contributed by atoms with Crippen LogP contribution in [0.1, 0.15) is 39.2 Å². The smallest absolute Gasteiger partial charge is 0.129 e. The molecule has 0 spiro atoms.